The molecule has 1 aromatic rings. The Morgan fingerprint density at radius 1 is 1.32 bits per heavy atom. The van der Waals surface area contributed by atoms with Gasteiger partial charge in [-0.05, 0) is 32.0 Å². The molecule has 0 aromatic carbocycles. The van der Waals surface area contributed by atoms with Gasteiger partial charge in [-0.25, -0.2) is 0 Å². The molecule has 1 aromatic heterocycles. The minimum atomic E-state index is -1.97. The number of carbonyl (C=O) groups is 1. The molecule has 2 rings (SSSR count). The number of hydrogen-bond donors (Lipinski definition) is 2. The molecule has 1 aliphatic heterocycles. The zero-order valence-electron chi connectivity index (χ0n) is 16.1. The van der Waals surface area contributed by atoms with Gasteiger partial charge < -0.3 is 19.9 Å². The van der Waals surface area contributed by atoms with Gasteiger partial charge >= 0.3 is 0 Å². The van der Waals surface area contributed by atoms with Crippen molar-refractivity contribution in [1.29, 1.82) is 0 Å². The Morgan fingerprint density at radius 2 is 1.92 bits per heavy atom. The summed E-state index contributed by atoms with van der Waals surface area (Å²) in [6.07, 6.45) is 1.09. The smallest absolute Gasteiger partial charge is 0.278 e. The standard InChI is InChI=1S/C17H29N3O4Si/c1-11(2)20-13(10-24-25(6,7)17(3,4)5)18-19-9-8-12(21)15(22)14(19)16(20)23/h8-9,11,13,18,22H,10H2,1-7H3. The van der Waals surface area contributed by atoms with Gasteiger partial charge in [-0.2, -0.15) is 0 Å². The Morgan fingerprint density at radius 3 is 2.44 bits per heavy atom. The van der Waals surface area contributed by atoms with E-state index >= 15 is 0 Å². The van der Waals surface area contributed by atoms with Crippen molar-refractivity contribution in [2.45, 2.75) is 65.0 Å². The summed E-state index contributed by atoms with van der Waals surface area (Å²) in [5, 5.41) is 10.1. The number of rotatable bonds is 4. The first-order valence-electron chi connectivity index (χ1n) is 8.54. The highest BCUT2D eigenvalue weighted by molar-refractivity contribution is 6.74. The molecule has 0 radical (unpaired) electrons. The highest BCUT2D eigenvalue weighted by Gasteiger charge is 2.41. The van der Waals surface area contributed by atoms with Crippen molar-refractivity contribution in [3.8, 4) is 5.75 Å². The van der Waals surface area contributed by atoms with E-state index in [0.29, 0.717) is 6.61 Å². The van der Waals surface area contributed by atoms with Gasteiger partial charge in [0.05, 0.1) is 6.61 Å². The number of amides is 1. The van der Waals surface area contributed by atoms with E-state index in [1.54, 1.807) is 4.90 Å². The molecule has 140 valence electrons. The molecule has 0 aliphatic carbocycles. The third kappa shape index (κ3) is 3.59. The Kier molecular flexibility index (Phi) is 5.07. The Labute approximate surface area is 149 Å². The normalized spacial score (nSPS) is 18.3. The van der Waals surface area contributed by atoms with E-state index in [9.17, 15) is 14.7 Å². The predicted octanol–water partition coefficient (Wildman–Crippen LogP) is 2.31. The zero-order valence-corrected chi connectivity index (χ0v) is 17.1. The van der Waals surface area contributed by atoms with Crippen LogP contribution >= 0.6 is 0 Å². The summed E-state index contributed by atoms with van der Waals surface area (Å²) in [5.41, 5.74) is 2.57. The van der Waals surface area contributed by atoms with Crippen LogP contribution in [0.25, 0.3) is 0 Å². The van der Waals surface area contributed by atoms with Crippen LogP contribution in [0, 0.1) is 0 Å². The quantitative estimate of drug-likeness (QED) is 0.798. The van der Waals surface area contributed by atoms with Crippen LogP contribution in [-0.4, -0.2) is 47.7 Å². The number of carbonyl (C=O) groups excluding carboxylic acids is 1. The van der Waals surface area contributed by atoms with Gasteiger partial charge in [0.25, 0.3) is 5.91 Å². The second-order valence-electron chi connectivity index (χ2n) is 8.27. The molecule has 1 atom stereocenters. The summed E-state index contributed by atoms with van der Waals surface area (Å²) in [5.74, 6) is -0.915. The first-order chi connectivity index (χ1) is 11.4. The Bertz CT molecular complexity index is 722. The van der Waals surface area contributed by atoms with E-state index in [1.807, 2.05) is 13.8 Å². The summed E-state index contributed by atoms with van der Waals surface area (Å²) in [6.45, 7) is 14.9. The van der Waals surface area contributed by atoms with Crippen molar-refractivity contribution in [2.24, 2.45) is 0 Å². The summed E-state index contributed by atoms with van der Waals surface area (Å²) < 4.78 is 7.69. The van der Waals surface area contributed by atoms with Crippen LogP contribution in [-0.2, 0) is 4.43 Å². The number of nitrogens with zero attached hydrogens (tertiary/aromatic N) is 2. The number of nitrogens with one attached hydrogen (secondary N) is 1. The number of hydrogen-bond acceptors (Lipinski definition) is 5. The number of aromatic nitrogens is 1. The van der Waals surface area contributed by atoms with Gasteiger partial charge in [0.1, 0.15) is 6.17 Å². The van der Waals surface area contributed by atoms with Gasteiger partial charge in [-0.3, -0.25) is 14.3 Å². The van der Waals surface area contributed by atoms with Crippen molar-refractivity contribution in [3.05, 3.63) is 28.2 Å². The molecule has 0 fully saturated rings. The summed E-state index contributed by atoms with van der Waals surface area (Å²) in [7, 11) is -1.97. The molecule has 0 saturated heterocycles. The molecule has 1 aliphatic rings. The highest BCUT2D eigenvalue weighted by Crippen LogP contribution is 2.37. The maximum atomic E-state index is 12.9. The second-order valence-corrected chi connectivity index (χ2v) is 13.1. The molecule has 1 unspecified atom stereocenters. The third-order valence-electron chi connectivity index (χ3n) is 5.10. The van der Waals surface area contributed by atoms with E-state index in [-0.39, 0.29) is 28.8 Å². The fraction of sp³-hybridized carbons (Fsp3) is 0.647. The van der Waals surface area contributed by atoms with Gasteiger partial charge in [-0.15, -0.1) is 0 Å². The number of pyridine rings is 1. The maximum absolute atomic E-state index is 12.9. The summed E-state index contributed by atoms with van der Waals surface area (Å²) in [6, 6.07) is 1.12. The average molecular weight is 368 g/mol. The van der Waals surface area contributed by atoms with Gasteiger partial charge in [0.2, 0.25) is 5.43 Å². The molecule has 2 N–H and O–H groups in total. The van der Waals surface area contributed by atoms with Crippen LogP contribution in [0.5, 0.6) is 5.75 Å². The Balaban J connectivity index is 2.34. The molecule has 7 nitrogen and oxygen atoms in total. The topological polar surface area (TPSA) is 83.8 Å². The third-order valence-corrected chi connectivity index (χ3v) is 9.60. The number of fused-ring (bicyclic) bond motifs is 1. The lowest BCUT2D eigenvalue weighted by molar-refractivity contribution is 0.0474. The average Bonchev–Trinajstić information content (AvgIpc) is 2.47. The molecule has 0 saturated carbocycles. The summed E-state index contributed by atoms with van der Waals surface area (Å²) in [4.78, 5) is 26.2. The lowest BCUT2D eigenvalue weighted by Gasteiger charge is -2.43. The molecule has 2 heterocycles. The predicted molar refractivity (Wildman–Crippen MR) is 100.0 cm³/mol. The molecule has 0 bridgehead atoms. The van der Waals surface area contributed by atoms with Crippen LogP contribution < -0.4 is 10.9 Å². The molecule has 8 heteroatoms. The first kappa shape index (κ1) is 19.5. The van der Waals surface area contributed by atoms with Gasteiger partial charge in [0.15, 0.2) is 19.8 Å². The van der Waals surface area contributed by atoms with Gasteiger partial charge in [0, 0.05) is 18.3 Å². The SMILES string of the molecule is CC(C)N1C(=O)c2c(O)c(=O)ccn2NC1CO[Si](C)(C)C(C)(C)C. The molecule has 0 spiro atoms. The van der Waals surface area contributed by atoms with Crippen LogP contribution in [0.3, 0.4) is 0 Å². The number of aromatic hydroxyl groups is 1. The highest BCUT2D eigenvalue weighted by atomic mass is 28.4. The van der Waals surface area contributed by atoms with Crippen LogP contribution in [0.2, 0.25) is 18.1 Å². The van der Waals surface area contributed by atoms with Gasteiger partial charge in [-0.1, -0.05) is 20.8 Å². The minimum absolute atomic E-state index is 0.0372. The largest absolute Gasteiger partial charge is 0.502 e. The Hall–Kier alpha value is -1.80. The lowest BCUT2D eigenvalue weighted by Crippen LogP contribution is -2.59. The maximum Gasteiger partial charge on any atom is 0.278 e. The van der Waals surface area contributed by atoms with E-state index in [2.05, 4.69) is 39.3 Å². The zero-order chi connectivity index (χ0) is 19.2. The van der Waals surface area contributed by atoms with Crippen LogP contribution in [0.15, 0.2) is 17.1 Å². The second kappa shape index (κ2) is 6.49. The van der Waals surface area contributed by atoms with Crippen molar-refractivity contribution < 1.29 is 14.3 Å². The van der Waals surface area contributed by atoms with Crippen molar-refractivity contribution >= 4 is 14.2 Å². The van der Waals surface area contributed by atoms with Crippen molar-refractivity contribution in [2.75, 3.05) is 12.0 Å². The summed E-state index contributed by atoms with van der Waals surface area (Å²) >= 11 is 0. The van der Waals surface area contributed by atoms with E-state index in [1.165, 1.54) is 16.9 Å². The minimum Gasteiger partial charge on any atom is -0.502 e. The van der Waals surface area contributed by atoms with Crippen molar-refractivity contribution in [3.63, 3.8) is 0 Å². The fourth-order valence-electron chi connectivity index (χ4n) is 2.54. The molecule has 25 heavy (non-hydrogen) atoms. The lowest BCUT2D eigenvalue weighted by atomic mass is 10.2. The van der Waals surface area contributed by atoms with E-state index in [0.717, 1.165) is 0 Å². The molecule has 1 amide bonds. The fourth-order valence-corrected chi connectivity index (χ4v) is 3.55. The molecular formula is C17H29N3O4Si. The van der Waals surface area contributed by atoms with Crippen molar-refractivity contribution in [1.82, 2.24) is 9.58 Å². The van der Waals surface area contributed by atoms with E-state index < -0.39 is 19.5 Å². The monoisotopic (exact) mass is 367 g/mol. The van der Waals surface area contributed by atoms with Crippen LogP contribution in [0.1, 0.15) is 45.1 Å². The first-order valence-corrected chi connectivity index (χ1v) is 11.5. The van der Waals surface area contributed by atoms with Crippen LogP contribution in [0.4, 0.5) is 0 Å². The van der Waals surface area contributed by atoms with E-state index in [4.69, 9.17) is 4.43 Å². The molecular weight excluding hydrogens is 338 g/mol.